The van der Waals surface area contributed by atoms with Crippen molar-refractivity contribution in [3.63, 3.8) is 0 Å². The first-order chi connectivity index (χ1) is 11.6. The number of aromatic nitrogens is 5. The van der Waals surface area contributed by atoms with Crippen LogP contribution in [-0.2, 0) is 0 Å². The number of benzene rings is 1. The van der Waals surface area contributed by atoms with Crippen LogP contribution < -0.4 is 5.32 Å². The van der Waals surface area contributed by atoms with Crippen molar-refractivity contribution in [2.24, 2.45) is 0 Å². The Balaban J connectivity index is 1.56. The van der Waals surface area contributed by atoms with Crippen LogP contribution in [0, 0.1) is 6.92 Å². The second-order valence-electron chi connectivity index (χ2n) is 5.78. The van der Waals surface area contributed by atoms with Crippen molar-refractivity contribution in [3.05, 3.63) is 52.7 Å². The highest BCUT2D eigenvalue weighted by Crippen LogP contribution is 2.39. The molecule has 0 spiro atoms. The lowest BCUT2D eigenvalue weighted by atomic mass is 10.3. The fourth-order valence-electron chi connectivity index (χ4n) is 2.51. The summed E-state index contributed by atoms with van der Waals surface area (Å²) in [5, 5.41) is 14.6. The normalized spacial score (nSPS) is 13.9. The van der Waals surface area contributed by atoms with Gasteiger partial charge in [-0.2, -0.15) is 5.10 Å². The maximum absolute atomic E-state index is 12.4. The van der Waals surface area contributed by atoms with E-state index in [1.807, 2.05) is 24.3 Å². The molecule has 1 saturated carbocycles. The summed E-state index contributed by atoms with van der Waals surface area (Å²) in [5.41, 5.74) is 1.73. The van der Waals surface area contributed by atoms with Crippen LogP contribution in [0.5, 0.6) is 0 Å². The van der Waals surface area contributed by atoms with E-state index in [1.54, 1.807) is 17.7 Å². The van der Waals surface area contributed by atoms with Crippen LogP contribution in [-0.4, -0.2) is 30.9 Å². The lowest BCUT2D eigenvalue weighted by Crippen LogP contribution is -2.14. The number of anilines is 1. The van der Waals surface area contributed by atoms with Gasteiger partial charge in [0.1, 0.15) is 5.82 Å². The van der Waals surface area contributed by atoms with E-state index in [4.69, 9.17) is 11.6 Å². The molecule has 0 bridgehead atoms. The second-order valence-corrected chi connectivity index (χ2v) is 6.19. The van der Waals surface area contributed by atoms with E-state index in [1.165, 1.54) is 12.8 Å². The maximum Gasteiger partial charge on any atom is 0.296 e. The number of para-hydroxylation sites is 1. The van der Waals surface area contributed by atoms with Gasteiger partial charge >= 0.3 is 0 Å². The first kappa shape index (κ1) is 14.9. The van der Waals surface area contributed by atoms with E-state index in [9.17, 15) is 4.79 Å². The predicted molar refractivity (Wildman–Crippen MR) is 89.6 cm³/mol. The molecule has 1 aliphatic rings. The molecule has 0 saturated heterocycles. The van der Waals surface area contributed by atoms with E-state index >= 15 is 0 Å². The third-order valence-corrected chi connectivity index (χ3v) is 4.23. The van der Waals surface area contributed by atoms with E-state index < -0.39 is 5.91 Å². The van der Waals surface area contributed by atoms with Crippen molar-refractivity contribution in [1.82, 2.24) is 25.0 Å². The summed E-state index contributed by atoms with van der Waals surface area (Å²) < 4.78 is 1.55. The zero-order chi connectivity index (χ0) is 16.7. The molecule has 0 radical (unpaired) electrons. The SMILES string of the molecule is Cc1nc(C(=O)Nc2cc(C3CC3)[nH]n2)nn1-c1ccccc1Cl. The van der Waals surface area contributed by atoms with Gasteiger partial charge in [-0.15, -0.1) is 5.10 Å². The Morgan fingerprint density at radius 2 is 2.17 bits per heavy atom. The van der Waals surface area contributed by atoms with Gasteiger partial charge in [0.2, 0.25) is 5.82 Å². The van der Waals surface area contributed by atoms with E-state index in [-0.39, 0.29) is 5.82 Å². The molecule has 1 aromatic carbocycles. The van der Waals surface area contributed by atoms with Crippen molar-refractivity contribution in [1.29, 1.82) is 0 Å². The molecule has 0 unspecified atom stereocenters. The number of H-pyrrole nitrogens is 1. The lowest BCUT2D eigenvalue weighted by molar-refractivity contribution is 0.101. The van der Waals surface area contributed by atoms with E-state index in [2.05, 4.69) is 25.6 Å². The zero-order valence-corrected chi connectivity index (χ0v) is 13.7. The number of halogens is 1. The molecular formula is C16H15ClN6O. The van der Waals surface area contributed by atoms with E-state index in [0.717, 1.165) is 5.69 Å². The van der Waals surface area contributed by atoms with Crippen LogP contribution in [0.25, 0.3) is 5.69 Å². The molecule has 3 aromatic rings. The Kier molecular flexibility index (Phi) is 3.57. The maximum atomic E-state index is 12.4. The molecule has 1 aliphatic carbocycles. The number of hydrogen-bond acceptors (Lipinski definition) is 4. The summed E-state index contributed by atoms with van der Waals surface area (Å²) in [6, 6.07) is 9.13. The number of nitrogens with one attached hydrogen (secondary N) is 2. The summed E-state index contributed by atoms with van der Waals surface area (Å²) in [6.45, 7) is 1.77. The molecule has 1 amide bonds. The molecule has 2 heterocycles. The molecule has 24 heavy (non-hydrogen) atoms. The Hall–Kier alpha value is -2.67. The highest BCUT2D eigenvalue weighted by Gasteiger charge is 2.26. The Morgan fingerprint density at radius 3 is 2.92 bits per heavy atom. The Bertz CT molecular complexity index is 911. The molecule has 122 valence electrons. The third-order valence-electron chi connectivity index (χ3n) is 3.91. The Morgan fingerprint density at radius 1 is 1.38 bits per heavy atom. The van der Waals surface area contributed by atoms with Crippen LogP contribution in [0.4, 0.5) is 5.82 Å². The summed E-state index contributed by atoms with van der Waals surface area (Å²) >= 11 is 6.18. The molecule has 7 nitrogen and oxygen atoms in total. The monoisotopic (exact) mass is 342 g/mol. The number of aryl methyl sites for hydroxylation is 1. The van der Waals surface area contributed by atoms with Crippen LogP contribution in [0.2, 0.25) is 5.02 Å². The Labute approximate surface area is 143 Å². The number of carbonyl (C=O) groups is 1. The fraction of sp³-hybridized carbons (Fsp3) is 0.250. The van der Waals surface area contributed by atoms with Gasteiger partial charge < -0.3 is 5.32 Å². The minimum Gasteiger partial charge on any atom is -0.302 e. The second kappa shape index (κ2) is 5.76. The highest BCUT2D eigenvalue weighted by molar-refractivity contribution is 6.32. The van der Waals surface area contributed by atoms with Gasteiger partial charge in [-0.25, -0.2) is 9.67 Å². The van der Waals surface area contributed by atoms with Crippen molar-refractivity contribution >= 4 is 23.3 Å². The molecule has 0 aliphatic heterocycles. The lowest BCUT2D eigenvalue weighted by Gasteiger charge is -2.04. The number of nitrogens with zero attached hydrogens (tertiary/aromatic N) is 4. The largest absolute Gasteiger partial charge is 0.302 e. The van der Waals surface area contributed by atoms with Gasteiger partial charge in [-0.05, 0) is 31.9 Å². The first-order valence-electron chi connectivity index (χ1n) is 7.67. The van der Waals surface area contributed by atoms with Crippen LogP contribution in [0.15, 0.2) is 30.3 Å². The molecule has 4 rings (SSSR count). The highest BCUT2D eigenvalue weighted by atomic mass is 35.5. The van der Waals surface area contributed by atoms with Crippen LogP contribution >= 0.6 is 11.6 Å². The van der Waals surface area contributed by atoms with Crippen LogP contribution in [0.3, 0.4) is 0 Å². The molecule has 1 fully saturated rings. The molecule has 2 aromatic heterocycles. The molecule has 8 heteroatoms. The zero-order valence-electron chi connectivity index (χ0n) is 13.0. The van der Waals surface area contributed by atoms with E-state index in [0.29, 0.717) is 28.3 Å². The van der Waals surface area contributed by atoms with Gasteiger partial charge in [-0.1, -0.05) is 23.7 Å². The third kappa shape index (κ3) is 2.78. The minimum atomic E-state index is -0.405. The molecular weight excluding hydrogens is 328 g/mol. The summed E-state index contributed by atoms with van der Waals surface area (Å²) in [6.07, 6.45) is 2.33. The quantitative estimate of drug-likeness (QED) is 0.762. The van der Waals surface area contributed by atoms with Crippen molar-refractivity contribution in [2.45, 2.75) is 25.7 Å². The predicted octanol–water partition coefficient (Wildman–Crippen LogP) is 3.08. The fourth-order valence-corrected chi connectivity index (χ4v) is 2.73. The first-order valence-corrected chi connectivity index (χ1v) is 8.05. The molecule has 0 atom stereocenters. The van der Waals surface area contributed by atoms with Crippen LogP contribution in [0.1, 0.15) is 40.9 Å². The molecule has 2 N–H and O–H groups in total. The smallest absolute Gasteiger partial charge is 0.296 e. The van der Waals surface area contributed by atoms with Gasteiger partial charge in [0, 0.05) is 17.7 Å². The van der Waals surface area contributed by atoms with Gasteiger partial charge in [0.05, 0.1) is 10.7 Å². The number of carbonyl (C=O) groups excluding carboxylic acids is 1. The minimum absolute atomic E-state index is 0.0726. The number of amides is 1. The summed E-state index contributed by atoms with van der Waals surface area (Å²) in [4.78, 5) is 16.6. The van der Waals surface area contributed by atoms with Crippen molar-refractivity contribution in [2.75, 3.05) is 5.32 Å². The van der Waals surface area contributed by atoms with Crippen molar-refractivity contribution < 1.29 is 4.79 Å². The standard InChI is InChI=1S/C16H15ClN6O/c1-9-18-15(22-23(9)13-5-3-2-4-11(13)17)16(24)19-14-8-12(20-21-14)10-6-7-10/h2-5,8,10H,6-7H2,1H3,(H2,19,20,21,24). The average molecular weight is 343 g/mol. The number of hydrogen-bond donors (Lipinski definition) is 2. The summed E-state index contributed by atoms with van der Waals surface area (Å²) in [5.74, 6) is 1.27. The van der Waals surface area contributed by atoms with Gasteiger partial charge in [0.25, 0.3) is 5.91 Å². The van der Waals surface area contributed by atoms with Crippen molar-refractivity contribution in [3.8, 4) is 5.69 Å². The number of aromatic amines is 1. The summed E-state index contributed by atoms with van der Waals surface area (Å²) in [7, 11) is 0. The average Bonchev–Trinajstić information content (AvgIpc) is 3.19. The van der Waals surface area contributed by atoms with Gasteiger partial charge in [0.15, 0.2) is 5.82 Å². The topological polar surface area (TPSA) is 88.5 Å². The number of rotatable bonds is 4. The van der Waals surface area contributed by atoms with Gasteiger partial charge in [-0.3, -0.25) is 9.89 Å².